The van der Waals surface area contributed by atoms with Gasteiger partial charge in [0.2, 0.25) is 0 Å². The number of methoxy groups -OCH3 is 1. The molecular formula is C23H17IN2O2. The van der Waals surface area contributed by atoms with Crippen LogP contribution in [0.4, 0.5) is 0 Å². The highest BCUT2D eigenvalue weighted by molar-refractivity contribution is 14.1. The first-order valence-corrected chi connectivity index (χ1v) is 9.83. The average Bonchev–Trinajstić information content (AvgIpc) is 2.73. The van der Waals surface area contributed by atoms with Crippen molar-refractivity contribution in [1.82, 2.24) is 9.55 Å². The highest BCUT2D eigenvalue weighted by Gasteiger charge is 2.12. The maximum atomic E-state index is 13.4. The average molecular weight is 480 g/mol. The molecule has 4 rings (SSSR count). The van der Waals surface area contributed by atoms with Crippen molar-refractivity contribution in [1.29, 1.82) is 0 Å². The minimum Gasteiger partial charge on any atom is -0.497 e. The van der Waals surface area contributed by atoms with Gasteiger partial charge in [-0.1, -0.05) is 42.5 Å². The molecule has 0 aliphatic heterocycles. The number of aromatic nitrogens is 2. The summed E-state index contributed by atoms with van der Waals surface area (Å²) in [6.45, 7) is 0. The lowest BCUT2D eigenvalue weighted by Crippen LogP contribution is -2.22. The van der Waals surface area contributed by atoms with E-state index in [1.54, 1.807) is 11.7 Å². The Bertz CT molecular complexity index is 1230. The second-order valence-corrected chi connectivity index (χ2v) is 7.46. The van der Waals surface area contributed by atoms with Crippen LogP contribution in [0.1, 0.15) is 11.4 Å². The van der Waals surface area contributed by atoms with E-state index in [1.165, 1.54) is 0 Å². The molecule has 0 radical (unpaired) electrons. The van der Waals surface area contributed by atoms with Crippen LogP contribution in [-0.4, -0.2) is 16.7 Å². The van der Waals surface area contributed by atoms with Gasteiger partial charge < -0.3 is 4.74 Å². The Hall–Kier alpha value is -2.93. The van der Waals surface area contributed by atoms with Crippen LogP contribution in [0.5, 0.6) is 5.75 Å². The molecular weight excluding hydrogens is 463 g/mol. The van der Waals surface area contributed by atoms with Gasteiger partial charge in [-0.3, -0.25) is 9.36 Å². The number of hydrogen-bond donors (Lipinski definition) is 0. The molecule has 28 heavy (non-hydrogen) atoms. The van der Waals surface area contributed by atoms with Gasteiger partial charge in [-0.2, -0.15) is 0 Å². The van der Waals surface area contributed by atoms with E-state index in [4.69, 9.17) is 9.72 Å². The summed E-state index contributed by atoms with van der Waals surface area (Å²) >= 11 is 2.21. The molecule has 4 nitrogen and oxygen atoms in total. The van der Waals surface area contributed by atoms with E-state index in [0.29, 0.717) is 28.2 Å². The highest BCUT2D eigenvalue weighted by atomic mass is 127. The minimum atomic E-state index is -0.107. The Kier molecular flexibility index (Phi) is 5.25. The summed E-state index contributed by atoms with van der Waals surface area (Å²) in [5.74, 6) is 1.25. The SMILES string of the molecule is COc1cccc(-n2c(C=Cc3ccccc3)nc3ccc(I)cc3c2=O)c1. The zero-order valence-electron chi connectivity index (χ0n) is 15.2. The monoisotopic (exact) mass is 480 g/mol. The van der Waals surface area contributed by atoms with Crippen LogP contribution >= 0.6 is 22.6 Å². The van der Waals surface area contributed by atoms with Crippen molar-refractivity contribution in [3.8, 4) is 11.4 Å². The van der Waals surface area contributed by atoms with E-state index in [0.717, 1.165) is 9.13 Å². The lowest BCUT2D eigenvalue weighted by atomic mass is 10.2. The first-order valence-electron chi connectivity index (χ1n) is 8.75. The Morgan fingerprint density at radius 2 is 1.79 bits per heavy atom. The van der Waals surface area contributed by atoms with Gasteiger partial charge in [-0.25, -0.2) is 4.98 Å². The quantitative estimate of drug-likeness (QED) is 0.379. The molecule has 0 aliphatic carbocycles. The first kappa shape index (κ1) is 18.4. The number of ether oxygens (including phenoxy) is 1. The second-order valence-electron chi connectivity index (χ2n) is 6.22. The van der Waals surface area contributed by atoms with Gasteiger partial charge in [0.25, 0.3) is 5.56 Å². The molecule has 138 valence electrons. The van der Waals surface area contributed by atoms with Gasteiger partial charge >= 0.3 is 0 Å². The summed E-state index contributed by atoms with van der Waals surface area (Å²) in [5.41, 5.74) is 2.32. The van der Waals surface area contributed by atoms with Crippen molar-refractivity contribution >= 4 is 45.6 Å². The molecule has 5 heteroatoms. The second kappa shape index (κ2) is 7.98. The summed E-state index contributed by atoms with van der Waals surface area (Å²) < 4.78 is 7.96. The van der Waals surface area contributed by atoms with Crippen LogP contribution in [0.25, 0.3) is 28.7 Å². The van der Waals surface area contributed by atoms with Gasteiger partial charge in [0.1, 0.15) is 11.6 Å². The Balaban J connectivity index is 1.97. The molecule has 0 unspecified atom stereocenters. The summed E-state index contributed by atoms with van der Waals surface area (Å²) in [6, 6.07) is 23.1. The molecule has 0 aliphatic rings. The summed E-state index contributed by atoms with van der Waals surface area (Å²) in [7, 11) is 1.61. The molecule has 1 heterocycles. The molecule has 0 atom stereocenters. The third-order valence-electron chi connectivity index (χ3n) is 4.39. The predicted octanol–water partition coefficient (Wildman–Crippen LogP) is 5.17. The molecule has 4 aromatic rings. The summed E-state index contributed by atoms with van der Waals surface area (Å²) in [4.78, 5) is 18.1. The van der Waals surface area contributed by atoms with Gasteiger partial charge in [0.15, 0.2) is 0 Å². The fourth-order valence-corrected chi connectivity index (χ4v) is 3.51. The number of benzene rings is 3. The molecule has 0 spiro atoms. The van der Waals surface area contributed by atoms with Gasteiger partial charge in [-0.15, -0.1) is 0 Å². The number of halogens is 1. The van der Waals surface area contributed by atoms with Crippen molar-refractivity contribution in [3.05, 3.63) is 98.1 Å². The maximum Gasteiger partial charge on any atom is 0.266 e. The van der Waals surface area contributed by atoms with E-state index in [1.807, 2.05) is 84.9 Å². The van der Waals surface area contributed by atoms with Crippen LogP contribution in [-0.2, 0) is 0 Å². The highest BCUT2D eigenvalue weighted by Crippen LogP contribution is 2.20. The molecule has 3 aromatic carbocycles. The molecule has 0 amide bonds. The van der Waals surface area contributed by atoms with Crippen molar-refractivity contribution in [2.75, 3.05) is 7.11 Å². The molecule has 1 aromatic heterocycles. The largest absolute Gasteiger partial charge is 0.497 e. The minimum absolute atomic E-state index is 0.107. The van der Waals surface area contributed by atoms with Crippen molar-refractivity contribution in [2.45, 2.75) is 0 Å². The van der Waals surface area contributed by atoms with Crippen LogP contribution in [0.3, 0.4) is 0 Å². The zero-order valence-corrected chi connectivity index (χ0v) is 17.3. The van der Waals surface area contributed by atoms with E-state index in [2.05, 4.69) is 22.6 Å². The van der Waals surface area contributed by atoms with Crippen LogP contribution < -0.4 is 10.3 Å². The molecule has 0 fully saturated rings. The van der Waals surface area contributed by atoms with E-state index >= 15 is 0 Å². The standard InChI is InChI=1S/C23H17IN2O2/c1-28-19-9-5-8-18(15-19)26-22(13-10-16-6-3-2-4-7-16)25-21-12-11-17(24)14-20(21)23(26)27/h2-15H,1H3. The maximum absolute atomic E-state index is 13.4. The number of fused-ring (bicyclic) bond motifs is 1. The lowest BCUT2D eigenvalue weighted by Gasteiger charge is -2.12. The number of rotatable bonds is 4. The van der Waals surface area contributed by atoms with Crippen molar-refractivity contribution < 1.29 is 4.74 Å². The van der Waals surface area contributed by atoms with Crippen LogP contribution in [0, 0.1) is 3.57 Å². The van der Waals surface area contributed by atoms with Gasteiger partial charge in [0.05, 0.1) is 23.7 Å². The number of nitrogens with zero attached hydrogens (tertiary/aromatic N) is 2. The lowest BCUT2D eigenvalue weighted by molar-refractivity contribution is 0.414. The summed E-state index contributed by atoms with van der Waals surface area (Å²) in [6.07, 6.45) is 3.82. The van der Waals surface area contributed by atoms with Crippen molar-refractivity contribution in [3.63, 3.8) is 0 Å². The molecule has 0 bridgehead atoms. The fourth-order valence-electron chi connectivity index (χ4n) is 3.02. The van der Waals surface area contributed by atoms with Gasteiger partial charge in [-0.05, 0) is 64.6 Å². The zero-order chi connectivity index (χ0) is 19.5. The summed E-state index contributed by atoms with van der Waals surface area (Å²) in [5, 5.41) is 0.589. The Morgan fingerprint density at radius 3 is 2.57 bits per heavy atom. The number of hydrogen-bond acceptors (Lipinski definition) is 3. The van der Waals surface area contributed by atoms with E-state index in [9.17, 15) is 4.79 Å². The smallest absolute Gasteiger partial charge is 0.266 e. The van der Waals surface area contributed by atoms with Crippen molar-refractivity contribution in [2.24, 2.45) is 0 Å². The third kappa shape index (κ3) is 3.71. The fraction of sp³-hybridized carbons (Fsp3) is 0.0435. The first-order chi connectivity index (χ1) is 13.7. The van der Waals surface area contributed by atoms with Gasteiger partial charge in [0, 0.05) is 9.64 Å². The van der Waals surface area contributed by atoms with E-state index in [-0.39, 0.29) is 5.56 Å². The predicted molar refractivity (Wildman–Crippen MR) is 122 cm³/mol. The van der Waals surface area contributed by atoms with Crippen LogP contribution in [0.2, 0.25) is 0 Å². The molecule has 0 N–H and O–H groups in total. The third-order valence-corrected chi connectivity index (χ3v) is 5.06. The van der Waals surface area contributed by atoms with E-state index < -0.39 is 0 Å². The normalized spacial score (nSPS) is 11.2. The Morgan fingerprint density at radius 1 is 0.964 bits per heavy atom. The molecule has 0 saturated carbocycles. The Labute approximate surface area is 176 Å². The molecule has 0 saturated heterocycles. The topological polar surface area (TPSA) is 44.1 Å². The van der Waals surface area contributed by atoms with Crippen LogP contribution in [0.15, 0.2) is 77.6 Å².